The van der Waals surface area contributed by atoms with Crippen LogP contribution in [-0.4, -0.2) is 18.2 Å². The van der Waals surface area contributed by atoms with E-state index >= 15 is 0 Å². The molecule has 1 aliphatic heterocycles. The number of nitriles is 1. The topological polar surface area (TPSA) is 61.2 Å². The number of nitrogens with zero attached hydrogens (tertiary/aromatic N) is 2. The molecule has 1 fully saturated rings. The van der Waals surface area contributed by atoms with Gasteiger partial charge in [0, 0.05) is 18.4 Å². The highest BCUT2D eigenvalue weighted by molar-refractivity contribution is 6.52. The molecule has 20 heavy (non-hydrogen) atoms. The van der Waals surface area contributed by atoms with Gasteiger partial charge in [-0.1, -0.05) is 11.6 Å². The van der Waals surface area contributed by atoms with Gasteiger partial charge in [0.1, 0.15) is 5.82 Å². The van der Waals surface area contributed by atoms with Gasteiger partial charge in [-0.25, -0.2) is 4.39 Å². The SMILES string of the molecule is N#CCC1(CN2C(=O)C(=O)c3cc(Cl)c(F)cc32)CC1. The van der Waals surface area contributed by atoms with Crippen molar-refractivity contribution in [2.45, 2.75) is 19.3 Å². The molecule has 1 aromatic carbocycles. The molecule has 1 aliphatic carbocycles. The number of amides is 1. The molecular formula is C14H10ClFN2O2. The van der Waals surface area contributed by atoms with Gasteiger partial charge in [-0.2, -0.15) is 5.26 Å². The number of halogens is 2. The van der Waals surface area contributed by atoms with Crippen LogP contribution < -0.4 is 4.90 Å². The number of anilines is 1. The van der Waals surface area contributed by atoms with Crippen molar-refractivity contribution in [1.29, 1.82) is 5.26 Å². The summed E-state index contributed by atoms with van der Waals surface area (Å²) in [5.74, 6) is -2.01. The van der Waals surface area contributed by atoms with Crippen LogP contribution in [0.15, 0.2) is 12.1 Å². The number of benzene rings is 1. The maximum Gasteiger partial charge on any atom is 0.299 e. The molecule has 0 unspecified atom stereocenters. The Balaban J connectivity index is 1.99. The lowest BCUT2D eigenvalue weighted by Crippen LogP contribution is -2.35. The zero-order valence-electron chi connectivity index (χ0n) is 10.4. The second kappa shape index (κ2) is 4.29. The molecule has 4 nitrogen and oxygen atoms in total. The number of carbonyl (C=O) groups excluding carboxylic acids is 2. The largest absolute Gasteiger partial charge is 0.304 e. The Hall–Kier alpha value is -1.93. The van der Waals surface area contributed by atoms with Gasteiger partial charge in [-0.15, -0.1) is 0 Å². The second-order valence-corrected chi connectivity index (χ2v) is 5.75. The Morgan fingerprint density at radius 3 is 2.70 bits per heavy atom. The lowest BCUT2D eigenvalue weighted by molar-refractivity contribution is -0.114. The highest BCUT2D eigenvalue weighted by Crippen LogP contribution is 2.50. The lowest BCUT2D eigenvalue weighted by atomic mass is 10.0. The van der Waals surface area contributed by atoms with Crippen molar-refractivity contribution in [3.05, 3.63) is 28.5 Å². The van der Waals surface area contributed by atoms with Gasteiger partial charge >= 0.3 is 0 Å². The predicted octanol–water partition coefficient (Wildman–Crippen LogP) is 2.70. The Morgan fingerprint density at radius 1 is 1.40 bits per heavy atom. The number of hydrogen-bond donors (Lipinski definition) is 0. The first-order valence-corrected chi connectivity index (χ1v) is 6.57. The smallest absolute Gasteiger partial charge is 0.299 e. The number of carbonyl (C=O) groups is 2. The summed E-state index contributed by atoms with van der Waals surface area (Å²) in [6.07, 6.45) is 2.00. The minimum Gasteiger partial charge on any atom is -0.304 e. The number of fused-ring (bicyclic) bond motifs is 1. The van der Waals surface area contributed by atoms with E-state index in [2.05, 4.69) is 6.07 Å². The molecule has 0 bridgehead atoms. The van der Waals surface area contributed by atoms with Crippen molar-refractivity contribution in [2.24, 2.45) is 5.41 Å². The highest BCUT2D eigenvalue weighted by Gasteiger charge is 2.48. The van der Waals surface area contributed by atoms with E-state index in [0.717, 1.165) is 18.9 Å². The third-order valence-electron chi connectivity index (χ3n) is 3.92. The van der Waals surface area contributed by atoms with Gasteiger partial charge in [-0.05, 0) is 25.0 Å². The first-order chi connectivity index (χ1) is 9.47. The summed E-state index contributed by atoms with van der Waals surface area (Å²) >= 11 is 5.65. The van der Waals surface area contributed by atoms with E-state index in [9.17, 15) is 14.0 Å². The molecular weight excluding hydrogens is 283 g/mol. The van der Waals surface area contributed by atoms with Crippen LogP contribution >= 0.6 is 11.6 Å². The summed E-state index contributed by atoms with van der Waals surface area (Å²) in [4.78, 5) is 25.2. The number of ketones is 1. The van der Waals surface area contributed by atoms with Crippen molar-refractivity contribution in [3.63, 3.8) is 0 Å². The van der Waals surface area contributed by atoms with Gasteiger partial charge in [0.05, 0.1) is 22.3 Å². The predicted molar refractivity (Wildman–Crippen MR) is 70.0 cm³/mol. The number of Topliss-reactive ketones (excluding diaryl/α,β-unsaturated/α-hetero) is 1. The van der Waals surface area contributed by atoms with Gasteiger partial charge in [0.15, 0.2) is 0 Å². The Bertz CT molecular complexity index is 676. The highest BCUT2D eigenvalue weighted by atomic mass is 35.5. The molecule has 0 saturated heterocycles. The summed E-state index contributed by atoms with van der Waals surface area (Å²) in [7, 11) is 0. The van der Waals surface area contributed by atoms with Crippen LogP contribution in [-0.2, 0) is 4.79 Å². The van der Waals surface area contributed by atoms with Crippen molar-refractivity contribution in [2.75, 3.05) is 11.4 Å². The van der Waals surface area contributed by atoms with E-state index in [-0.39, 0.29) is 28.2 Å². The molecule has 0 aromatic heterocycles. The Kier molecular flexibility index (Phi) is 2.80. The molecule has 1 heterocycles. The quantitative estimate of drug-likeness (QED) is 0.805. The zero-order valence-corrected chi connectivity index (χ0v) is 11.2. The van der Waals surface area contributed by atoms with Crippen LogP contribution in [0.3, 0.4) is 0 Å². The fraction of sp³-hybridized carbons (Fsp3) is 0.357. The maximum atomic E-state index is 13.6. The molecule has 1 amide bonds. The minimum absolute atomic E-state index is 0.133. The van der Waals surface area contributed by atoms with Crippen LogP contribution in [0.4, 0.5) is 10.1 Å². The Labute approximate surface area is 119 Å². The van der Waals surface area contributed by atoms with E-state index in [1.54, 1.807) is 0 Å². The standard InChI is InChI=1S/C14H10ClFN2O2/c15-9-5-8-11(6-10(9)16)18(13(20)12(8)19)7-14(1-2-14)3-4-17/h5-6H,1-3,7H2. The molecule has 1 aromatic rings. The fourth-order valence-electron chi connectivity index (χ4n) is 2.52. The molecule has 0 N–H and O–H groups in total. The molecule has 6 heteroatoms. The number of hydrogen-bond acceptors (Lipinski definition) is 3. The van der Waals surface area contributed by atoms with E-state index in [1.807, 2.05) is 0 Å². The first-order valence-electron chi connectivity index (χ1n) is 6.20. The Morgan fingerprint density at radius 2 is 2.10 bits per heavy atom. The van der Waals surface area contributed by atoms with E-state index in [0.29, 0.717) is 6.42 Å². The summed E-state index contributed by atoms with van der Waals surface area (Å²) in [6, 6.07) is 4.40. The lowest BCUT2D eigenvalue weighted by Gasteiger charge is -2.21. The summed E-state index contributed by atoms with van der Waals surface area (Å²) in [6.45, 7) is 0.277. The van der Waals surface area contributed by atoms with Crippen LogP contribution in [0.2, 0.25) is 5.02 Å². The summed E-state index contributed by atoms with van der Waals surface area (Å²) in [5, 5.41) is 8.64. The third kappa shape index (κ3) is 1.88. The fourth-order valence-corrected chi connectivity index (χ4v) is 2.68. The first kappa shape index (κ1) is 13.1. The third-order valence-corrected chi connectivity index (χ3v) is 4.21. The summed E-state index contributed by atoms with van der Waals surface area (Å²) < 4.78 is 13.6. The van der Waals surface area contributed by atoms with Crippen molar-refractivity contribution in [1.82, 2.24) is 0 Å². The average molecular weight is 293 g/mol. The van der Waals surface area contributed by atoms with Crippen LogP contribution in [0, 0.1) is 22.6 Å². The van der Waals surface area contributed by atoms with Crippen LogP contribution in [0.1, 0.15) is 29.6 Å². The molecule has 3 rings (SSSR count). The van der Waals surface area contributed by atoms with E-state index in [4.69, 9.17) is 16.9 Å². The molecule has 0 radical (unpaired) electrons. The average Bonchev–Trinajstić information content (AvgIpc) is 3.13. The summed E-state index contributed by atoms with van der Waals surface area (Å²) in [5.41, 5.74) is 0.142. The van der Waals surface area contributed by atoms with Gasteiger partial charge in [0.25, 0.3) is 11.7 Å². The molecule has 0 atom stereocenters. The van der Waals surface area contributed by atoms with Crippen LogP contribution in [0.25, 0.3) is 0 Å². The van der Waals surface area contributed by atoms with Crippen LogP contribution in [0.5, 0.6) is 0 Å². The van der Waals surface area contributed by atoms with Gasteiger partial charge < -0.3 is 4.90 Å². The number of rotatable bonds is 3. The zero-order chi connectivity index (χ0) is 14.5. The maximum absolute atomic E-state index is 13.6. The molecule has 2 aliphatic rings. The van der Waals surface area contributed by atoms with E-state index in [1.165, 1.54) is 11.0 Å². The van der Waals surface area contributed by atoms with Crippen molar-refractivity contribution < 1.29 is 14.0 Å². The molecule has 102 valence electrons. The normalized spacial score (nSPS) is 18.9. The minimum atomic E-state index is -0.675. The van der Waals surface area contributed by atoms with E-state index < -0.39 is 17.5 Å². The van der Waals surface area contributed by atoms with Gasteiger partial charge in [-0.3, -0.25) is 9.59 Å². The molecule has 1 saturated carbocycles. The second-order valence-electron chi connectivity index (χ2n) is 5.34. The molecule has 0 spiro atoms. The van der Waals surface area contributed by atoms with Gasteiger partial charge in [0.2, 0.25) is 0 Å². The monoisotopic (exact) mass is 292 g/mol. The van der Waals surface area contributed by atoms with Crippen molar-refractivity contribution in [3.8, 4) is 6.07 Å². The van der Waals surface area contributed by atoms with Crippen molar-refractivity contribution >= 4 is 29.0 Å².